The van der Waals surface area contributed by atoms with Crippen molar-refractivity contribution in [2.24, 2.45) is 0 Å². The Morgan fingerprint density at radius 2 is 1.90 bits per heavy atom. The van der Waals surface area contributed by atoms with Crippen molar-refractivity contribution in [1.82, 2.24) is 13.6 Å². The Morgan fingerprint density at radius 3 is 2.49 bits per heavy atom. The fourth-order valence-electron chi connectivity index (χ4n) is 4.20. The Hall–Kier alpha value is -2.65. The van der Waals surface area contributed by atoms with Crippen LogP contribution in [0.4, 0.5) is 18.0 Å². The summed E-state index contributed by atoms with van der Waals surface area (Å²) in [6.45, 7) is 0.158. The Bertz CT molecular complexity index is 1220. The van der Waals surface area contributed by atoms with Crippen LogP contribution in [0.15, 0.2) is 42.6 Å². The minimum Gasteiger partial charge on any atom is -0.471 e. The number of likely N-dealkylation sites (N-methyl/N-ethyl adjacent to an activating group) is 1. The normalized spacial score (nSPS) is 20.1. The van der Waals surface area contributed by atoms with Gasteiger partial charge in [-0.1, -0.05) is 41.9 Å². The SMILES string of the molecule is COCCOC1CCC(N(C)S(=O)(=O)N(Cc2ccccc2)C(=O)O)C(Oc2ncc(C(F)(F)F)cc2Cl)C1. The molecule has 39 heavy (non-hydrogen) atoms. The standard InChI is InChI=1S/C24H29ClF3N3O7S/c1-30(39(34,35)31(23(32)33)15-16-6-4-3-5-7-16)20-9-8-18(37-11-10-36-2)13-21(20)38-22-19(25)12-17(14-29-22)24(26,27)28/h3-7,12,14,18,20-21H,8-11,13,15H2,1-2H3,(H,32,33). The molecule has 1 aromatic heterocycles. The highest BCUT2D eigenvalue weighted by Gasteiger charge is 2.43. The quantitative estimate of drug-likeness (QED) is 0.379. The van der Waals surface area contributed by atoms with Gasteiger partial charge in [0.05, 0.1) is 37.5 Å². The van der Waals surface area contributed by atoms with E-state index >= 15 is 0 Å². The molecule has 3 atom stereocenters. The topological polar surface area (TPSA) is 119 Å². The molecule has 1 aliphatic carbocycles. The summed E-state index contributed by atoms with van der Waals surface area (Å²) in [5.74, 6) is -0.317. The van der Waals surface area contributed by atoms with Crippen LogP contribution in [0, 0.1) is 0 Å². The largest absolute Gasteiger partial charge is 0.471 e. The van der Waals surface area contributed by atoms with Gasteiger partial charge in [0.2, 0.25) is 5.88 Å². The predicted molar refractivity (Wildman–Crippen MR) is 135 cm³/mol. The number of rotatable bonds is 11. The highest BCUT2D eigenvalue weighted by atomic mass is 35.5. The van der Waals surface area contributed by atoms with Crippen LogP contribution in [0.5, 0.6) is 5.88 Å². The maximum absolute atomic E-state index is 13.5. The molecule has 0 bridgehead atoms. The van der Waals surface area contributed by atoms with E-state index in [0.29, 0.717) is 35.2 Å². The number of methoxy groups -OCH3 is 1. The summed E-state index contributed by atoms with van der Waals surface area (Å²) < 4.78 is 84.0. The zero-order valence-electron chi connectivity index (χ0n) is 21.2. The van der Waals surface area contributed by atoms with Crippen LogP contribution >= 0.6 is 11.6 Å². The second kappa shape index (κ2) is 13.1. The van der Waals surface area contributed by atoms with Gasteiger partial charge in [-0.25, -0.2) is 9.78 Å². The number of nitrogens with zero attached hydrogens (tertiary/aromatic N) is 3. The van der Waals surface area contributed by atoms with Crippen molar-refractivity contribution in [2.45, 2.75) is 50.2 Å². The lowest BCUT2D eigenvalue weighted by Crippen LogP contribution is -2.55. The third-order valence-electron chi connectivity index (χ3n) is 6.24. The number of amides is 1. The zero-order valence-corrected chi connectivity index (χ0v) is 22.7. The average molecular weight is 596 g/mol. The minimum absolute atomic E-state index is 0.138. The number of carboxylic acid groups (broad SMARTS) is 1. The summed E-state index contributed by atoms with van der Waals surface area (Å²) in [6, 6.07) is 7.97. The number of hydrogen-bond acceptors (Lipinski definition) is 7. The number of alkyl halides is 3. The molecule has 3 unspecified atom stereocenters. The van der Waals surface area contributed by atoms with Crippen LogP contribution in [0.2, 0.25) is 5.02 Å². The van der Waals surface area contributed by atoms with Crippen LogP contribution in [-0.2, 0) is 32.4 Å². The van der Waals surface area contributed by atoms with Gasteiger partial charge in [0.25, 0.3) is 0 Å². The molecular formula is C24H29ClF3N3O7S. The van der Waals surface area contributed by atoms with Gasteiger partial charge in [-0.15, -0.1) is 0 Å². The molecule has 1 fully saturated rings. The molecule has 0 aliphatic heterocycles. The summed E-state index contributed by atoms with van der Waals surface area (Å²) in [4.78, 5) is 15.7. The van der Waals surface area contributed by atoms with E-state index in [1.165, 1.54) is 14.2 Å². The van der Waals surface area contributed by atoms with Gasteiger partial charge in [-0.05, 0) is 24.5 Å². The smallest absolute Gasteiger partial charge is 0.422 e. The molecule has 216 valence electrons. The highest BCUT2D eigenvalue weighted by Crippen LogP contribution is 2.36. The van der Waals surface area contributed by atoms with E-state index in [1.54, 1.807) is 30.3 Å². The fraction of sp³-hybridized carbons (Fsp3) is 0.500. The van der Waals surface area contributed by atoms with Crippen molar-refractivity contribution in [3.8, 4) is 5.88 Å². The van der Waals surface area contributed by atoms with Crippen LogP contribution in [0.25, 0.3) is 0 Å². The monoisotopic (exact) mass is 595 g/mol. The molecule has 0 spiro atoms. The number of carbonyl (C=O) groups is 1. The van der Waals surface area contributed by atoms with Crippen molar-refractivity contribution < 1.29 is 45.7 Å². The van der Waals surface area contributed by atoms with E-state index in [4.69, 9.17) is 25.8 Å². The lowest BCUT2D eigenvalue weighted by Gasteiger charge is -2.40. The lowest BCUT2D eigenvalue weighted by molar-refractivity contribution is -0.137. The summed E-state index contributed by atoms with van der Waals surface area (Å²) >= 11 is 6.04. The van der Waals surface area contributed by atoms with Crippen molar-refractivity contribution in [2.75, 3.05) is 27.4 Å². The zero-order chi connectivity index (χ0) is 28.8. The molecule has 1 heterocycles. The molecule has 1 saturated carbocycles. The maximum atomic E-state index is 13.5. The Kier molecular flexibility index (Phi) is 10.4. The van der Waals surface area contributed by atoms with E-state index in [0.717, 1.165) is 4.31 Å². The molecule has 0 saturated heterocycles. The summed E-state index contributed by atoms with van der Waals surface area (Å²) in [6.07, 6.45) is -6.38. The van der Waals surface area contributed by atoms with E-state index in [1.807, 2.05) is 0 Å². The van der Waals surface area contributed by atoms with Gasteiger partial charge in [-0.2, -0.15) is 30.2 Å². The van der Waals surface area contributed by atoms with E-state index in [9.17, 15) is 31.5 Å². The first-order valence-electron chi connectivity index (χ1n) is 11.9. The summed E-state index contributed by atoms with van der Waals surface area (Å²) in [7, 11) is -1.84. The number of hydrogen-bond donors (Lipinski definition) is 1. The van der Waals surface area contributed by atoms with Crippen LogP contribution < -0.4 is 4.74 Å². The Balaban J connectivity index is 1.89. The van der Waals surface area contributed by atoms with Gasteiger partial charge < -0.3 is 19.3 Å². The van der Waals surface area contributed by atoms with Gasteiger partial charge in [-0.3, -0.25) is 0 Å². The second-order valence-electron chi connectivity index (χ2n) is 8.83. The number of halogens is 4. The average Bonchev–Trinajstić information content (AvgIpc) is 2.88. The number of pyridine rings is 1. The van der Waals surface area contributed by atoms with Gasteiger partial charge >= 0.3 is 22.5 Å². The molecule has 10 nitrogen and oxygen atoms in total. The van der Waals surface area contributed by atoms with E-state index < -0.39 is 51.8 Å². The minimum atomic E-state index is -4.67. The lowest BCUT2D eigenvalue weighted by atomic mass is 9.90. The van der Waals surface area contributed by atoms with E-state index in [-0.39, 0.29) is 31.4 Å². The highest BCUT2D eigenvalue weighted by molar-refractivity contribution is 7.87. The summed E-state index contributed by atoms with van der Waals surface area (Å²) in [5.41, 5.74) is -0.612. The molecular weight excluding hydrogens is 567 g/mol. The van der Waals surface area contributed by atoms with E-state index in [2.05, 4.69) is 4.98 Å². The number of benzene rings is 1. The Morgan fingerprint density at radius 1 is 1.21 bits per heavy atom. The first-order chi connectivity index (χ1) is 18.3. The first kappa shape index (κ1) is 30.9. The predicted octanol–water partition coefficient (Wildman–Crippen LogP) is 4.44. The van der Waals surface area contributed by atoms with Gasteiger partial charge in [0.1, 0.15) is 11.1 Å². The molecule has 1 aliphatic rings. The fourth-order valence-corrected chi connectivity index (χ4v) is 5.82. The van der Waals surface area contributed by atoms with Crippen molar-refractivity contribution in [1.29, 1.82) is 0 Å². The molecule has 3 rings (SSSR count). The first-order valence-corrected chi connectivity index (χ1v) is 13.6. The van der Waals surface area contributed by atoms with Gasteiger partial charge in [0, 0.05) is 26.8 Å². The summed E-state index contributed by atoms with van der Waals surface area (Å²) in [5, 5.41) is 9.34. The second-order valence-corrected chi connectivity index (χ2v) is 11.1. The van der Waals surface area contributed by atoms with Crippen LogP contribution in [0.3, 0.4) is 0 Å². The number of aromatic nitrogens is 1. The number of ether oxygens (including phenoxy) is 3. The molecule has 2 aromatic rings. The molecule has 15 heteroatoms. The van der Waals surface area contributed by atoms with Crippen LogP contribution in [0.1, 0.15) is 30.4 Å². The van der Waals surface area contributed by atoms with Crippen LogP contribution in [-0.4, -0.2) is 78.8 Å². The van der Waals surface area contributed by atoms with Crippen molar-refractivity contribution in [3.05, 3.63) is 58.7 Å². The molecule has 1 aromatic carbocycles. The molecule has 1 amide bonds. The maximum Gasteiger partial charge on any atom is 0.422 e. The third-order valence-corrected chi connectivity index (χ3v) is 8.35. The van der Waals surface area contributed by atoms with Gasteiger partial charge in [0.15, 0.2) is 0 Å². The molecule has 1 N–H and O–H groups in total. The van der Waals surface area contributed by atoms with Crippen molar-refractivity contribution in [3.63, 3.8) is 0 Å². The van der Waals surface area contributed by atoms with Crippen molar-refractivity contribution >= 4 is 27.9 Å². The molecule has 0 radical (unpaired) electrons. The third kappa shape index (κ3) is 7.94. The Labute approximate surface area is 229 Å².